The molecule has 0 saturated heterocycles. The van der Waals surface area contributed by atoms with Crippen molar-refractivity contribution in [3.05, 3.63) is 64.7 Å². The number of hydrogen-bond acceptors (Lipinski definition) is 3. The predicted octanol–water partition coefficient (Wildman–Crippen LogP) is 3.44. The number of nitrogens with zero attached hydrogens (tertiary/aromatic N) is 1. The number of halogens is 2. The first kappa shape index (κ1) is 18.4. The Morgan fingerprint density at radius 3 is 2.67 bits per heavy atom. The van der Waals surface area contributed by atoms with Crippen LogP contribution < -0.4 is 4.74 Å². The molecule has 0 spiro atoms. The maximum Gasteiger partial charge on any atom is 0.214 e. The fraction of sp³-hybridized carbons (Fsp3) is 0.400. The Hall–Kier alpha value is -1.99. The highest BCUT2D eigenvalue weighted by molar-refractivity contribution is 7.89. The lowest BCUT2D eigenvalue weighted by Gasteiger charge is -2.22. The van der Waals surface area contributed by atoms with Gasteiger partial charge in [0.25, 0.3) is 0 Å². The van der Waals surface area contributed by atoms with Crippen molar-refractivity contribution in [2.45, 2.75) is 38.3 Å². The van der Waals surface area contributed by atoms with Crippen LogP contribution >= 0.6 is 0 Å². The van der Waals surface area contributed by atoms with E-state index < -0.39 is 21.7 Å². The molecule has 1 saturated carbocycles. The number of rotatable bonds is 7. The van der Waals surface area contributed by atoms with Crippen LogP contribution in [0, 0.1) is 11.6 Å². The fourth-order valence-electron chi connectivity index (χ4n) is 3.39. The summed E-state index contributed by atoms with van der Waals surface area (Å²) in [7, 11) is -3.55. The molecule has 144 valence electrons. The largest absolute Gasteiger partial charge is 0.493 e. The summed E-state index contributed by atoms with van der Waals surface area (Å²) < 4.78 is 59.8. The molecule has 0 aromatic heterocycles. The Morgan fingerprint density at radius 2 is 1.93 bits per heavy atom. The molecule has 0 unspecified atom stereocenters. The van der Waals surface area contributed by atoms with Gasteiger partial charge in [-0.15, -0.1) is 0 Å². The van der Waals surface area contributed by atoms with Crippen LogP contribution in [0.15, 0.2) is 36.4 Å². The number of fused-ring (bicyclic) bond motifs is 1. The first-order valence-electron chi connectivity index (χ1n) is 9.10. The molecule has 4 rings (SSSR count). The zero-order valence-corrected chi connectivity index (χ0v) is 15.6. The average Bonchev–Trinajstić information content (AvgIpc) is 3.35. The standard InChI is InChI=1S/C20H21F2NO3S/c21-17-3-2-16(19(22)12-17)13-23(18-4-5-18)27(24,25)10-8-14-1-6-20-15(11-14)7-9-26-20/h1-3,6,11-12,18H,4-5,7-10,13H2. The number of sulfonamides is 1. The summed E-state index contributed by atoms with van der Waals surface area (Å²) in [6, 6.07) is 8.95. The van der Waals surface area contributed by atoms with Gasteiger partial charge in [-0.05, 0) is 42.5 Å². The Labute approximate surface area is 157 Å². The first-order chi connectivity index (χ1) is 12.9. The number of benzene rings is 2. The van der Waals surface area contributed by atoms with Crippen LogP contribution in [0.4, 0.5) is 8.78 Å². The molecular weight excluding hydrogens is 372 g/mol. The maximum atomic E-state index is 14.0. The van der Waals surface area contributed by atoms with Gasteiger partial charge < -0.3 is 4.74 Å². The summed E-state index contributed by atoms with van der Waals surface area (Å²) in [5.41, 5.74) is 2.26. The van der Waals surface area contributed by atoms with Gasteiger partial charge in [0.05, 0.1) is 12.4 Å². The Balaban J connectivity index is 1.48. The van der Waals surface area contributed by atoms with E-state index in [0.717, 1.165) is 48.3 Å². The van der Waals surface area contributed by atoms with Crippen molar-refractivity contribution in [1.82, 2.24) is 4.31 Å². The Morgan fingerprint density at radius 1 is 1.11 bits per heavy atom. The molecule has 0 radical (unpaired) electrons. The van der Waals surface area contributed by atoms with Crippen molar-refractivity contribution in [3.63, 3.8) is 0 Å². The number of hydrogen-bond donors (Lipinski definition) is 0. The lowest BCUT2D eigenvalue weighted by atomic mass is 10.1. The summed E-state index contributed by atoms with van der Waals surface area (Å²) in [6.07, 6.45) is 2.79. The summed E-state index contributed by atoms with van der Waals surface area (Å²) in [4.78, 5) is 0. The normalized spacial score (nSPS) is 16.4. The molecule has 1 heterocycles. The van der Waals surface area contributed by atoms with E-state index in [-0.39, 0.29) is 23.9 Å². The van der Waals surface area contributed by atoms with E-state index in [4.69, 9.17) is 4.74 Å². The molecule has 1 fully saturated rings. The van der Waals surface area contributed by atoms with Gasteiger partial charge in [-0.3, -0.25) is 0 Å². The van der Waals surface area contributed by atoms with Crippen molar-refractivity contribution >= 4 is 10.0 Å². The molecule has 1 aliphatic heterocycles. The van der Waals surface area contributed by atoms with E-state index in [2.05, 4.69) is 0 Å². The third kappa shape index (κ3) is 4.14. The van der Waals surface area contributed by atoms with E-state index in [1.54, 1.807) is 0 Å². The zero-order valence-electron chi connectivity index (χ0n) is 14.8. The van der Waals surface area contributed by atoms with E-state index >= 15 is 0 Å². The molecule has 2 aromatic carbocycles. The smallest absolute Gasteiger partial charge is 0.214 e. The van der Waals surface area contributed by atoms with E-state index in [1.165, 1.54) is 10.4 Å². The van der Waals surface area contributed by atoms with Crippen LogP contribution in [0.3, 0.4) is 0 Å². The lowest BCUT2D eigenvalue weighted by molar-refractivity contribution is 0.357. The van der Waals surface area contributed by atoms with Crippen molar-refractivity contribution in [2.24, 2.45) is 0 Å². The summed E-state index contributed by atoms with van der Waals surface area (Å²) >= 11 is 0. The van der Waals surface area contributed by atoms with E-state index in [0.29, 0.717) is 13.0 Å². The molecule has 0 amide bonds. The van der Waals surface area contributed by atoms with Crippen molar-refractivity contribution in [3.8, 4) is 5.75 Å². The van der Waals surface area contributed by atoms with Gasteiger partial charge in [0.15, 0.2) is 0 Å². The van der Waals surface area contributed by atoms with Gasteiger partial charge in [0.2, 0.25) is 10.0 Å². The lowest BCUT2D eigenvalue weighted by Crippen LogP contribution is -2.35. The molecule has 1 aliphatic carbocycles. The quantitative estimate of drug-likeness (QED) is 0.724. The van der Waals surface area contributed by atoms with Gasteiger partial charge in [-0.1, -0.05) is 18.2 Å². The zero-order chi connectivity index (χ0) is 19.0. The highest BCUT2D eigenvalue weighted by Crippen LogP contribution is 2.32. The Bertz CT molecular complexity index is 958. The second kappa shape index (κ2) is 7.20. The second-order valence-electron chi connectivity index (χ2n) is 7.12. The van der Waals surface area contributed by atoms with Crippen LogP contribution in [0.1, 0.15) is 29.5 Å². The highest BCUT2D eigenvalue weighted by atomic mass is 32.2. The van der Waals surface area contributed by atoms with Gasteiger partial charge >= 0.3 is 0 Å². The minimum Gasteiger partial charge on any atom is -0.493 e. The van der Waals surface area contributed by atoms with Gasteiger partial charge in [-0.25, -0.2) is 17.2 Å². The molecule has 0 N–H and O–H groups in total. The minimum absolute atomic E-state index is 0.0358. The minimum atomic E-state index is -3.55. The predicted molar refractivity (Wildman–Crippen MR) is 98.1 cm³/mol. The summed E-state index contributed by atoms with van der Waals surface area (Å²) in [5, 5.41) is 0. The van der Waals surface area contributed by atoms with Gasteiger partial charge in [0.1, 0.15) is 17.4 Å². The van der Waals surface area contributed by atoms with Crippen LogP contribution in [0.2, 0.25) is 0 Å². The fourth-order valence-corrected chi connectivity index (χ4v) is 5.12. The summed E-state index contributed by atoms with van der Waals surface area (Å²) in [6.45, 7) is 0.604. The molecule has 27 heavy (non-hydrogen) atoms. The number of ether oxygens (including phenoxy) is 1. The van der Waals surface area contributed by atoms with E-state index in [9.17, 15) is 17.2 Å². The van der Waals surface area contributed by atoms with Crippen LogP contribution in [0.5, 0.6) is 5.75 Å². The third-order valence-electron chi connectivity index (χ3n) is 5.06. The molecule has 7 heteroatoms. The molecular formula is C20H21F2NO3S. The second-order valence-corrected chi connectivity index (χ2v) is 9.16. The van der Waals surface area contributed by atoms with Crippen molar-refractivity contribution in [2.75, 3.05) is 12.4 Å². The maximum absolute atomic E-state index is 14.0. The third-order valence-corrected chi connectivity index (χ3v) is 6.92. The highest BCUT2D eigenvalue weighted by Gasteiger charge is 2.37. The molecule has 0 bridgehead atoms. The van der Waals surface area contributed by atoms with Crippen LogP contribution in [0.25, 0.3) is 0 Å². The first-order valence-corrected chi connectivity index (χ1v) is 10.7. The SMILES string of the molecule is O=S(=O)(CCc1ccc2c(c1)CCO2)N(Cc1ccc(F)cc1F)C1CC1. The van der Waals surface area contributed by atoms with Crippen LogP contribution in [-0.2, 0) is 29.4 Å². The van der Waals surface area contributed by atoms with Crippen molar-refractivity contribution in [1.29, 1.82) is 0 Å². The van der Waals surface area contributed by atoms with E-state index in [1.807, 2.05) is 18.2 Å². The summed E-state index contributed by atoms with van der Waals surface area (Å²) in [5.74, 6) is -0.550. The molecule has 2 aromatic rings. The average molecular weight is 393 g/mol. The number of aryl methyl sites for hydroxylation is 1. The molecule has 0 atom stereocenters. The molecule has 2 aliphatic rings. The van der Waals surface area contributed by atoms with Crippen LogP contribution in [-0.4, -0.2) is 31.1 Å². The monoisotopic (exact) mass is 393 g/mol. The topological polar surface area (TPSA) is 46.6 Å². The Kier molecular flexibility index (Phi) is 4.90. The van der Waals surface area contributed by atoms with Gasteiger partial charge in [0, 0.05) is 30.6 Å². The van der Waals surface area contributed by atoms with Crippen molar-refractivity contribution < 1.29 is 21.9 Å². The van der Waals surface area contributed by atoms with Gasteiger partial charge in [-0.2, -0.15) is 4.31 Å². The molecule has 4 nitrogen and oxygen atoms in total.